The molecule has 2 N–H and O–H groups in total. The molecule has 0 aromatic heterocycles. The number of amides is 4. The van der Waals surface area contributed by atoms with Gasteiger partial charge < -0.3 is 19.7 Å². The molecule has 2 rings (SSSR count). The van der Waals surface area contributed by atoms with Crippen LogP contribution in [0.2, 0.25) is 0 Å². The van der Waals surface area contributed by atoms with Gasteiger partial charge in [-0.1, -0.05) is 19.8 Å². The van der Waals surface area contributed by atoms with Gasteiger partial charge in [-0.05, 0) is 52.4 Å². The van der Waals surface area contributed by atoms with Crippen molar-refractivity contribution in [3.05, 3.63) is 0 Å². The van der Waals surface area contributed by atoms with Crippen molar-refractivity contribution < 1.29 is 28.7 Å². The Morgan fingerprint density at radius 3 is 2.23 bits per heavy atom. The number of piperidine rings is 1. The lowest BCUT2D eigenvalue weighted by atomic mass is 9.86. The van der Waals surface area contributed by atoms with E-state index in [9.17, 15) is 19.2 Å². The maximum Gasteiger partial charge on any atom is 0.410 e. The molecular weight excluding hydrogens is 390 g/mol. The Bertz CT molecular complexity index is 637. The summed E-state index contributed by atoms with van der Waals surface area (Å²) in [6.45, 7) is 7.77. The third-order valence-electron chi connectivity index (χ3n) is 5.51. The van der Waals surface area contributed by atoms with Crippen LogP contribution in [0.15, 0.2) is 0 Å². The van der Waals surface area contributed by atoms with Crippen molar-refractivity contribution in [3.63, 3.8) is 0 Å². The molecule has 9 heteroatoms. The fourth-order valence-corrected chi connectivity index (χ4v) is 3.78. The summed E-state index contributed by atoms with van der Waals surface area (Å²) < 4.78 is 10.4. The molecule has 1 saturated heterocycles. The van der Waals surface area contributed by atoms with E-state index < -0.39 is 36.2 Å². The zero-order chi connectivity index (χ0) is 22.3. The van der Waals surface area contributed by atoms with Gasteiger partial charge >= 0.3 is 18.1 Å². The molecule has 2 atom stereocenters. The molecule has 0 unspecified atom stereocenters. The summed E-state index contributed by atoms with van der Waals surface area (Å²) in [6.07, 6.45) is 4.68. The first-order chi connectivity index (χ1) is 14.0. The van der Waals surface area contributed by atoms with Gasteiger partial charge in [-0.2, -0.15) is 0 Å². The molecule has 4 amide bonds. The highest BCUT2D eigenvalue weighted by atomic mass is 16.6. The molecule has 1 aliphatic heterocycles. The van der Waals surface area contributed by atoms with E-state index in [4.69, 9.17) is 9.47 Å². The number of nitrogens with zero attached hydrogens (tertiary/aromatic N) is 1. The third-order valence-corrected chi connectivity index (χ3v) is 5.51. The van der Waals surface area contributed by atoms with Crippen molar-refractivity contribution in [2.24, 2.45) is 11.8 Å². The van der Waals surface area contributed by atoms with Crippen LogP contribution in [0.1, 0.15) is 66.2 Å². The molecule has 0 aromatic carbocycles. The maximum absolute atomic E-state index is 12.2. The van der Waals surface area contributed by atoms with Crippen LogP contribution in [0.3, 0.4) is 0 Å². The van der Waals surface area contributed by atoms with Crippen molar-refractivity contribution in [2.45, 2.75) is 77.9 Å². The molecule has 170 valence electrons. The Morgan fingerprint density at radius 1 is 1.00 bits per heavy atom. The zero-order valence-electron chi connectivity index (χ0n) is 18.5. The number of nitrogens with one attached hydrogen (secondary N) is 2. The van der Waals surface area contributed by atoms with Crippen LogP contribution in [0, 0.1) is 11.8 Å². The molecule has 30 heavy (non-hydrogen) atoms. The smallest absolute Gasteiger partial charge is 0.410 e. The quantitative estimate of drug-likeness (QED) is 0.669. The molecule has 0 aromatic rings. The Balaban J connectivity index is 1.66. The van der Waals surface area contributed by atoms with Gasteiger partial charge in [0, 0.05) is 19.1 Å². The van der Waals surface area contributed by atoms with E-state index in [0.717, 1.165) is 25.7 Å². The molecule has 2 fully saturated rings. The fraction of sp³-hybridized carbons (Fsp3) is 0.810. The van der Waals surface area contributed by atoms with E-state index in [1.165, 1.54) is 0 Å². The van der Waals surface area contributed by atoms with Gasteiger partial charge in [-0.25, -0.2) is 9.59 Å². The van der Waals surface area contributed by atoms with E-state index in [0.29, 0.717) is 31.8 Å². The topological polar surface area (TPSA) is 114 Å². The summed E-state index contributed by atoms with van der Waals surface area (Å²) in [5, 5.41) is 5.04. The SMILES string of the molecule is C[C@H]1CCCC[C@H]1NC(=O)NC(=O)COC(=O)C1CCN(C(=O)OC(C)(C)C)CC1. The van der Waals surface area contributed by atoms with Crippen LogP contribution >= 0.6 is 0 Å². The Labute approximate surface area is 178 Å². The highest BCUT2D eigenvalue weighted by Crippen LogP contribution is 2.23. The first kappa shape index (κ1) is 24.0. The number of likely N-dealkylation sites (tertiary alicyclic amines) is 1. The number of urea groups is 1. The van der Waals surface area contributed by atoms with Crippen LogP contribution in [-0.4, -0.2) is 60.2 Å². The van der Waals surface area contributed by atoms with Gasteiger partial charge in [0.25, 0.3) is 5.91 Å². The molecule has 1 aliphatic carbocycles. The molecular formula is C21H35N3O6. The van der Waals surface area contributed by atoms with Crippen LogP contribution in [0.25, 0.3) is 0 Å². The molecule has 2 aliphatic rings. The Hall–Kier alpha value is -2.32. The minimum absolute atomic E-state index is 0.0595. The monoisotopic (exact) mass is 425 g/mol. The number of ether oxygens (including phenoxy) is 2. The van der Waals surface area contributed by atoms with E-state index in [2.05, 4.69) is 17.6 Å². The van der Waals surface area contributed by atoms with Gasteiger partial charge in [0.2, 0.25) is 0 Å². The van der Waals surface area contributed by atoms with Gasteiger partial charge in [0.1, 0.15) is 5.60 Å². The average Bonchev–Trinajstić information content (AvgIpc) is 2.66. The van der Waals surface area contributed by atoms with Gasteiger partial charge in [-0.15, -0.1) is 0 Å². The van der Waals surface area contributed by atoms with Gasteiger partial charge in [0.05, 0.1) is 5.92 Å². The van der Waals surface area contributed by atoms with Crippen molar-refractivity contribution in [1.82, 2.24) is 15.5 Å². The van der Waals surface area contributed by atoms with Crippen LogP contribution in [-0.2, 0) is 19.1 Å². The average molecular weight is 426 g/mol. The second-order valence-electron chi connectivity index (χ2n) is 9.24. The zero-order valence-corrected chi connectivity index (χ0v) is 18.5. The second kappa shape index (κ2) is 10.6. The number of esters is 1. The highest BCUT2D eigenvalue weighted by molar-refractivity contribution is 5.95. The Kier molecular flexibility index (Phi) is 8.49. The van der Waals surface area contributed by atoms with E-state index in [1.54, 1.807) is 25.7 Å². The highest BCUT2D eigenvalue weighted by Gasteiger charge is 2.31. The third kappa shape index (κ3) is 7.84. The molecule has 9 nitrogen and oxygen atoms in total. The number of hydrogen-bond acceptors (Lipinski definition) is 6. The summed E-state index contributed by atoms with van der Waals surface area (Å²) in [7, 11) is 0. The van der Waals surface area contributed by atoms with E-state index >= 15 is 0 Å². The lowest BCUT2D eigenvalue weighted by Crippen LogP contribution is -2.48. The summed E-state index contributed by atoms with van der Waals surface area (Å²) >= 11 is 0. The van der Waals surface area contributed by atoms with E-state index in [1.807, 2.05) is 0 Å². The number of carbonyl (C=O) groups excluding carboxylic acids is 4. The lowest BCUT2D eigenvalue weighted by molar-refractivity contribution is -0.153. The summed E-state index contributed by atoms with van der Waals surface area (Å²) in [5.41, 5.74) is -0.568. The van der Waals surface area contributed by atoms with Crippen LogP contribution in [0.5, 0.6) is 0 Å². The Morgan fingerprint density at radius 2 is 1.63 bits per heavy atom. The fourth-order valence-electron chi connectivity index (χ4n) is 3.78. The first-order valence-corrected chi connectivity index (χ1v) is 10.8. The lowest BCUT2D eigenvalue weighted by Gasteiger charge is -2.32. The predicted octanol–water partition coefficient (Wildman–Crippen LogP) is 2.58. The second-order valence-corrected chi connectivity index (χ2v) is 9.24. The normalized spacial score (nSPS) is 22.7. The predicted molar refractivity (Wildman–Crippen MR) is 110 cm³/mol. The molecule has 1 heterocycles. The molecule has 0 radical (unpaired) electrons. The molecule has 0 spiro atoms. The van der Waals surface area contributed by atoms with Gasteiger partial charge in [-0.3, -0.25) is 14.9 Å². The number of carbonyl (C=O) groups is 4. The minimum atomic E-state index is -0.657. The standard InChI is InChI=1S/C21H35N3O6/c1-14-7-5-6-8-16(14)22-19(27)23-17(25)13-29-18(26)15-9-11-24(12-10-15)20(28)30-21(2,3)4/h14-16H,5-13H2,1-4H3,(H2,22,23,25,27)/t14-,16+/m0/s1. The largest absolute Gasteiger partial charge is 0.455 e. The summed E-state index contributed by atoms with van der Waals surface area (Å²) in [6, 6.07) is -0.496. The van der Waals surface area contributed by atoms with Crippen molar-refractivity contribution in [3.8, 4) is 0 Å². The van der Waals surface area contributed by atoms with Crippen LogP contribution < -0.4 is 10.6 Å². The first-order valence-electron chi connectivity index (χ1n) is 10.8. The van der Waals surface area contributed by atoms with Crippen molar-refractivity contribution in [1.29, 1.82) is 0 Å². The van der Waals surface area contributed by atoms with E-state index in [-0.39, 0.29) is 12.0 Å². The van der Waals surface area contributed by atoms with Crippen molar-refractivity contribution in [2.75, 3.05) is 19.7 Å². The molecule has 1 saturated carbocycles. The summed E-state index contributed by atoms with van der Waals surface area (Å²) in [5.74, 6) is -1.15. The van der Waals surface area contributed by atoms with Crippen LogP contribution in [0.4, 0.5) is 9.59 Å². The number of hydrogen-bond donors (Lipinski definition) is 2. The maximum atomic E-state index is 12.2. The number of imide groups is 1. The minimum Gasteiger partial charge on any atom is -0.455 e. The number of rotatable bonds is 4. The van der Waals surface area contributed by atoms with Crippen molar-refractivity contribution >= 4 is 24.0 Å². The molecule has 0 bridgehead atoms. The summed E-state index contributed by atoms with van der Waals surface area (Å²) in [4.78, 5) is 49.8. The van der Waals surface area contributed by atoms with Gasteiger partial charge in [0.15, 0.2) is 6.61 Å².